The summed E-state index contributed by atoms with van der Waals surface area (Å²) in [4.78, 5) is 22.3. The number of aliphatic carboxylic acids is 1. The number of nitrogens with zero attached hydrogens (tertiary/aromatic N) is 2. The second-order valence-corrected chi connectivity index (χ2v) is 5.13. The number of hydrogen-bond acceptors (Lipinski definition) is 3. The summed E-state index contributed by atoms with van der Waals surface area (Å²) in [5.74, 6) is -0.867. The summed E-state index contributed by atoms with van der Waals surface area (Å²) in [7, 11) is 0. The van der Waals surface area contributed by atoms with Crippen molar-refractivity contribution in [3.8, 4) is 5.69 Å². The summed E-state index contributed by atoms with van der Waals surface area (Å²) in [6.45, 7) is 2.21. The minimum absolute atomic E-state index is 0.0396. The number of benzene rings is 1. The molecule has 7 nitrogen and oxygen atoms in total. The van der Waals surface area contributed by atoms with Crippen LogP contribution in [0.15, 0.2) is 42.7 Å². The van der Waals surface area contributed by atoms with Gasteiger partial charge in [0.05, 0.1) is 11.7 Å². The van der Waals surface area contributed by atoms with Crippen molar-refractivity contribution in [3.05, 3.63) is 48.3 Å². The molecule has 0 aliphatic rings. The number of carbonyl (C=O) groups is 2. The van der Waals surface area contributed by atoms with Gasteiger partial charge in [0.25, 0.3) is 0 Å². The summed E-state index contributed by atoms with van der Waals surface area (Å²) in [5.41, 5.74) is 1.84. The Bertz CT molecular complexity index is 655. The lowest BCUT2D eigenvalue weighted by molar-refractivity contribution is -0.137. The molecule has 2 aromatic rings. The monoisotopic (exact) mass is 316 g/mol. The van der Waals surface area contributed by atoms with E-state index in [0.29, 0.717) is 13.0 Å². The number of rotatable bonds is 7. The molecular weight excluding hydrogens is 296 g/mol. The fourth-order valence-corrected chi connectivity index (χ4v) is 2.24. The van der Waals surface area contributed by atoms with Crippen LogP contribution in [-0.2, 0) is 4.79 Å². The van der Waals surface area contributed by atoms with E-state index >= 15 is 0 Å². The van der Waals surface area contributed by atoms with Gasteiger partial charge in [-0.3, -0.25) is 4.79 Å². The second kappa shape index (κ2) is 7.98. The van der Waals surface area contributed by atoms with Crippen LogP contribution in [0.5, 0.6) is 0 Å². The molecule has 1 atom stereocenters. The zero-order valence-electron chi connectivity index (χ0n) is 12.9. The Morgan fingerprint density at radius 3 is 2.78 bits per heavy atom. The molecule has 0 radical (unpaired) electrons. The topological polar surface area (TPSA) is 96.3 Å². The molecule has 1 unspecified atom stereocenters. The van der Waals surface area contributed by atoms with Crippen LogP contribution in [0.4, 0.5) is 4.79 Å². The molecule has 3 N–H and O–H groups in total. The lowest BCUT2D eigenvalue weighted by Crippen LogP contribution is -2.37. The number of aromatic nitrogens is 2. The van der Waals surface area contributed by atoms with E-state index in [2.05, 4.69) is 15.7 Å². The van der Waals surface area contributed by atoms with Crippen molar-refractivity contribution in [2.24, 2.45) is 0 Å². The van der Waals surface area contributed by atoms with E-state index in [4.69, 9.17) is 5.11 Å². The van der Waals surface area contributed by atoms with Crippen LogP contribution in [0.1, 0.15) is 31.4 Å². The summed E-state index contributed by atoms with van der Waals surface area (Å²) in [6, 6.07) is 9.00. The highest BCUT2D eigenvalue weighted by Gasteiger charge is 2.14. The van der Waals surface area contributed by atoms with Crippen molar-refractivity contribution in [1.29, 1.82) is 0 Å². The van der Waals surface area contributed by atoms with Crippen molar-refractivity contribution in [2.75, 3.05) is 6.54 Å². The lowest BCUT2D eigenvalue weighted by Gasteiger charge is -2.18. The molecule has 0 saturated carbocycles. The van der Waals surface area contributed by atoms with E-state index < -0.39 is 5.97 Å². The van der Waals surface area contributed by atoms with E-state index in [1.54, 1.807) is 10.9 Å². The molecule has 7 heteroatoms. The average Bonchev–Trinajstić information content (AvgIpc) is 3.05. The SMILES string of the molecule is CC(NC(=O)NCCCC(=O)O)c1ccccc1-n1cccn1. The maximum Gasteiger partial charge on any atom is 0.315 e. The molecule has 0 spiro atoms. The minimum atomic E-state index is -0.867. The Morgan fingerprint density at radius 1 is 1.30 bits per heavy atom. The molecule has 23 heavy (non-hydrogen) atoms. The molecule has 0 aliphatic heterocycles. The number of nitrogens with one attached hydrogen (secondary N) is 2. The van der Waals surface area contributed by atoms with E-state index in [-0.39, 0.29) is 18.5 Å². The number of carboxylic acid groups (broad SMARTS) is 1. The summed E-state index contributed by atoms with van der Waals surface area (Å²) in [6.07, 6.45) is 3.99. The number of carbonyl (C=O) groups excluding carboxylic acids is 1. The number of para-hydroxylation sites is 1. The molecule has 0 aliphatic carbocycles. The Kier molecular flexibility index (Phi) is 5.74. The highest BCUT2D eigenvalue weighted by Crippen LogP contribution is 2.20. The van der Waals surface area contributed by atoms with Gasteiger partial charge in [-0.2, -0.15) is 5.10 Å². The minimum Gasteiger partial charge on any atom is -0.481 e. The van der Waals surface area contributed by atoms with Crippen LogP contribution in [-0.4, -0.2) is 33.4 Å². The van der Waals surface area contributed by atoms with Crippen molar-refractivity contribution in [1.82, 2.24) is 20.4 Å². The maximum absolute atomic E-state index is 11.9. The molecule has 2 amide bonds. The third-order valence-electron chi connectivity index (χ3n) is 3.36. The van der Waals surface area contributed by atoms with Gasteiger partial charge in [0.15, 0.2) is 0 Å². The van der Waals surface area contributed by atoms with Gasteiger partial charge in [-0.15, -0.1) is 0 Å². The largest absolute Gasteiger partial charge is 0.481 e. The van der Waals surface area contributed by atoms with Crippen molar-refractivity contribution < 1.29 is 14.7 Å². The Hall–Kier alpha value is -2.83. The quantitative estimate of drug-likeness (QED) is 0.682. The first-order valence-electron chi connectivity index (χ1n) is 7.43. The van der Waals surface area contributed by atoms with E-state index in [9.17, 15) is 9.59 Å². The van der Waals surface area contributed by atoms with Gasteiger partial charge >= 0.3 is 12.0 Å². The van der Waals surface area contributed by atoms with Gasteiger partial charge in [-0.25, -0.2) is 9.48 Å². The Balaban J connectivity index is 1.94. The third-order valence-corrected chi connectivity index (χ3v) is 3.36. The molecule has 122 valence electrons. The number of hydrogen-bond donors (Lipinski definition) is 3. The highest BCUT2D eigenvalue weighted by molar-refractivity contribution is 5.74. The van der Waals surface area contributed by atoms with Crippen LogP contribution >= 0.6 is 0 Å². The van der Waals surface area contributed by atoms with Crippen LogP contribution in [0, 0.1) is 0 Å². The van der Waals surface area contributed by atoms with Gasteiger partial charge in [0.1, 0.15) is 0 Å². The van der Waals surface area contributed by atoms with E-state index in [1.807, 2.05) is 43.5 Å². The van der Waals surface area contributed by atoms with Gasteiger partial charge in [0, 0.05) is 25.4 Å². The predicted molar refractivity (Wildman–Crippen MR) is 85.4 cm³/mol. The number of amides is 2. The molecule has 2 rings (SSSR count). The van der Waals surface area contributed by atoms with Crippen LogP contribution in [0.3, 0.4) is 0 Å². The number of carboxylic acids is 1. The second-order valence-electron chi connectivity index (χ2n) is 5.13. The van der Waals surface area contributed by atoms with Gasteiger partial charge < -0.3 is 15.7 Å². The van der Waals surface area contributed by atoms with Gasteiger partial charge in [-0.1, -0.05) is 18.2 Å². The normalized spacial score (nSPS) is 11.7. The van der Waals surface area contributed by atoms with Gasteiger partial charge in [0.2, 0.25) is 0 Å². The van der Waals surface area contributed by atoms with E-state index in [0.717, 1.165) is 11.3 Å². The lowest BCUT2D eigenvalue weighted by atomic mass is 10.1. The molecule has 0 saturated heterocycles. The van der Waals surface area contributed by atoms with Crippen molar-refractivity contribution in [3.63, 3.8) is 0 Å². The summed E-state index contributed by atoms with van der Waals surface area (Å²) >= 11 is 0. The van der Waals surface area contributed by atoms with Crippen molar-refractivity contribution in [2.45, 2.75) is 25.8 Å². The zero-order valence-corrected chi connectivity index (χ0v) is 12.9. The highest BCUT2D eigenvalue weighted by atomic mass is 16.4. The average molecular weight is 316 g/mol. The predicted octanol–water partition coefficient (Wildman–Crippen LogP) is 2.10. The molecule has 0 fully saturated rings. The first-order chi connectivity index (χ1) is 11.1. The molecule has 1 aromatic heterocycles. The van der Waals surface area contributed by atoms with Crippen LogP contribution in [0.25, 0.3) is 5.69 Å². The first kappa shape index (κ1) is 16.5. The fourth-order valence-electron chi connectivity index (χ4n) is 2.24. The molecular formula is C16H20N4O3. The summed E-state index contributed by atoms with van der Waals surface area (Å²) in [5, 5.41) is 18.3. The number of urea groups is 1. The van der Waals surface area contributed by atoms with Crippen LogP contribution in [0.2, 0.25) is 0 Å². The standard InChI is InChI=1S/C16H20N4O3/c1-12(19-16(23)17-9-4-8-15(21)22)13-6-2-3-7-14(13)20-11-5-10-18-20/h2-3,5-7,10-12H,4,8-9H2,1H3,(H,21,22)(H2,17,19,23). The van der Waals surface area contributed by atoms with Crippen molar-refractivity contribution >= 4 is 12.0 Å². The van der Waals surface area contributed by atoms with Crippen LogP contribution < -0.4 is 10.6 Å². The van der Waals surface area contributed by atoms with Gasteiger partial charge in [-0.05, 0) is 31.0 Å². The smallest absolute Gasteiger partial charge is 0.315 e. The molecule has 0 bridgehead atoms. The third kappa shape index (κ3) is 4.84. The summed E-state index contributed by atoms with van der Waals surface area (Å²) < 4.78 is 1.75. The Labute approximate surface area is 134 Å². The van der Waals surface area contributed by atoms with E-state index in [1.165, 1.54) is 0 Å². The maximum atomic E-state index is 11.9. The Morgan fingerprint density at radius 2 is 2.09 bits per heavy atom. The molecule has 1 heterocycles. The first-order valence-corrected chi connectivity index (χ1v) is 7.43. The fraction of sp³-hybridized carbons (Fsp3) is 0.312. The zero-order chi connectivity index (χ0) is 16.7. The molecule has 1 aromatic carbocycles.